The Morgan fingerprint density at radius 1 is 1.25 bits per heavy atom. The monoisotopic (exact) mass is 150 g/mol. The standard InChI is InChI=1S/C6H15ClSi/c1-2-3-4-5-6-8-7/h2-6,8H2,1H3. The Morgan fingerprint density at radius 3 is 2.50 bits per heavy atom. The normalized spacial score (nSPS) is 11.2. The van der Waals surface area contributed by atoms with Crippen molar-refractivity contribution in [3.63, 3.8) is 0 Å². The van der Waals surface area contributed by atoms with Crippen molar-refractivity contribution in [1.29, 1.82) is 0 Å². The molecule has 0 saturated heterocycles. The topological polar surface area (TPSA) is 0 Å². The molecule has 50 valence electrons. The molecule has 0 radical (unpaired) electrons. The second kappa shape index (κ2) is 7.51. The van der Waals surface area contributed by atoms with Crippen molar-refractivity contribution in [2.45, 2.75) is 38.7 Å². The summed E-state index contributed by atoms with van der Waals surface area (Å²) in [4.78, 5) is 0. The van der Waals surface area contributed by atoms with Gasteiger partial charge in [-0.15, -0.1) is 0 Å². The first-order chi connectivity index (χ1) is 3.91. The molecular weight excluding hydrogens is 136 g/mol. The van der Waals surface area contributed by atoms with Gasteiger partial charge in [0.25, 0.3) is 0 Å². The van der Waals surface area contributed by atoms with Crippen LogP contribution in [-0.4, -0.2) is 8.83 Å². The minimum atomic E-state index is -0.142. The van der Waals surface area contributed by atoms with E-state index in [1.807, 2.05) is 0 Å². The first kappa shape index (κ1) is 8.51. The Morgan fingerprint density at radius 2 is 2.00 bits per heavy atom. The maximum atomic E-state index is 5.62. The summed E-state index contributed by atoms with van der Waals surface area (Å²) in [6.07, 6.45) is 5.51. The Balaban J connectivity index is 2.53. The molecule has 0 aliphatic carbocycles. The van der Waals surface area contributed by atoms with Crippen molar-refractivity contribution in [3.8, 4) is 0 Å². The predicted molar refractivity (Wildman–Crippen MR) is 43.3 cm³/mol. The van der Waals surface area contributed by atoms with Crippen LogP contribution in [0.2, 0.25) is 6.04 Å². The van der Waals surface area contributed by atoms with Gasteiger partial charge < -0.3 is 0 Å². The van der Waals surface area contributed by atoms with E-state index in [0.29, 0.717) is 0 Å². The summed E-state index contributed by atoms with van der Waals surface area (Å²) in [5, 5.41) is 0. The van der Waals surface area contributed by atoms with Gasteiger partial charge in [-0.25, -0.2) is 0 Å². The average molecular weight is 151 g/mol. The zero-order valence-electron chi connectivity index (χ0n) is 5.62. The Bertz CT molecular complexity index is 33.5. The van der Waals surface area contributed by atoms with Gasteiger partial charge in [0.1, 0.15) is 8.83 Å². The van der Waals surface area contributed by atoms with E-state index < -0.39 is 0 Å². The highest BCUT2D eigenvalue weighted by atomic mass is 35.6. The average Bonchev–Trinajstić information content (AvgIpc) is 1.81. The molecule has 0 aliphatic rings. The maximum Gasteiger partial charge on any atom is 0.125 e. The minimum Gasteiger partial charge on any atom is -0.176 e. The van der Waals surface area contributed by atoms with Crippen LogP contribution < -0.4 is 0 Å². The van der Waals surface area contributed by atoms with E-state index in [-0.39, 0.29) is 8.83 Å². The van der Waals surface area contributed by atoms with Crippen LogP contribution in [0.4, 0.5) is 0 Å². The molecule has 0 unspecified atom stereocenters. The molecule has 0 saturated carbocycles. The third-order valence-electron chi connectivity index (χ3n) is 1.24. The molecule has 0 fully saturated rings. The number of hydrogen-bond acceptors (Lipinski definition) is 0. The van der Waals surface area contributed by atoms with Gasteiger partial charge in [0, 0.05) is 0 Å². The lowest BCUT2D eigenvalue weighted by Gasteiger charge is -1.92. The third-order valence-corrected chi connectivity index (χ3v) is 2.81. The van der Waals surface area contributed by atoms with E-state index >= 15 is 0 Å². The van der Waals surface area contributed by atoms with Gasteiger partial charge in [0.05, 0.1) is 0 Å². The molecule has 0 heterocycles. The summed E-state index contributed by atoms with van der Waals surface area (Å²) < 4.78 is 0. The summed E-state index contributed by atoms with van der Waals surface area (Å²) in [5.74, 6) is 0. The van der Waals surface area contributed by atoms with E-state index in [1.165, 1.54) is 31.7 Å². The Labute approximate surface area is 59.1 Å². The molecule has 2 heteroatoms. The quantitative estimate of drug-likeness (QED) is 0.321. The van der Waals surface area contributed by atoms with Gasteiger partial charge in [-0.2, -0.15) is 11.1 Å². The number of halogens is 1. The van der Waals surface area contributed by atoms with E-state index in [0.717, 1.165) is 0 Å². The molecule has 0 nitrogen and oxygen atoms in total. The van der Waals surface area contributed by atoms with Crippen LogP contribution in [0, 0.1) is 0 Å². The van der Waals surface area contributed by atoms with Crippen LogP contribution in [0.5, 0.6) is 0 Å². The van der Waals surface area contributed by atoms with E-state index in [1.54, 1.807) is 0 Å². The highest BCUT2D eigenvalue weighted by Gasteiger charge is 1.85. The van der Waals surface area contributed by atoms with Crippen molar-refractivity contribution in [2.24, 2.45) is 0 Å². The minimum absolute atomic E-state index is 0.142. The summed E-state index contributed by atoms with van der Waals surface area (Å²) in [6, 6.07) is 1.33. The van der Waals surface area contributed by atoms with E-state index in [2.05, 4.69) is 6.92 Å². The van der Waals surface area contributed by atoms with E-state index in [4.69, 9.17) is 11.1 Å². The molecule has 0 amide bonds. The molecule has 0 aliphatic heterocycles. The fourth-order valence-corrected chi connectivity index (χ4v) is 1.81. The van der Waals surface area contributed by atoms with Crippen LogP contribution in [0.3, 0.4) is 0 Å². The molecule has 0 aromatic heterocycles. The largest absolute Gasteiger partial charge is 0.176 e. The summed E-state index contributed by atoms with van der Waals surface area (Å²) in [6.45, 7) is 2.23. The molecule has 0 N–H and O–H groups in total. The van der Waals surface area contributed by atoms with Crippen molar-refractivity contribution in [2.75, 3.05) is 0 Å². The molecule has 0 aromatic rings. The summed E-state index contributed by atoms with van der Waals surface area (Å²) >= 11 is 5.62. The van der Waals surface area contributed by atoms with Crippen molar-refractivity contribution in [1.82, 2.24) is 0 Å². The molecule has 0 atom stereocenters. The van der Waals surface area contributed by atoms with Gasteiger partial charge in [-0.3, -0.25) is 0 Å². The third kappa shape index (κ3) is 6.51. The van der Waals surface area contributed by atoms with E-state index in [9.17, 15) is 0 Å². The number of unbranched alkanes of at least 4 members (excludes halogenated alkanes) is 3. The van der Waals surface area contributed by atoms with Crippen LogP contribution in [0.25, 0.3) is 0 Å². The first-order valence-corrected chi connectivity index (χ1v) is 6.61. The fourth-order valence-electron chi connectivity index (χ4n) is 0.698. The number of hydrogen-bond donors (Lipinski definition) is 0. The zero-order chi connectivity index (χ0) is 6.24. The lowest BCUT2D eigenvalue weighted by atomic mass is 10.2. The van der Waals surface area contributed by atoms with Crippen LogP contribution in [-0.2, 0) is 0 Å². The van der Waals surface area contributed by atoms with Crippen LogP contribution in [0.1, 0.15) is 32.6 Å². The van der Waals surface area contributed by atoms with Crippen molar-refractivity contribution < 1.29 is 0 Å². The zero-order valence-corrected chi connectivity index (χ0v) is 7.79. The lowest BCUT2D eigenvalue weighted by molar-refractivity contribution is 0.701. The first-order valence-electron chi connectivity index (χ1n) is 3.47. The molecule has 0 bridgehead atoms. The maximum absolute atomic E-state index is 5.62. The van der Waals surface area contributed by atoms with Crippen molar-refractivity contribution in [3.05, 3.63) is 0 Å². The van der Waals surface area contributed by atoms with Gasteiger partial charge in [0.15, 0.2) is 0 Å². The predicted octanol–water partition coefficient (Wildman–Crippen LogP) is 2.31. The lowest BCUT2D eigenvalue weighted by Crippen LogP contribution is -1.78. The van der Waals surface area contributed by atoms with Gasteiger partial charge in [0.2, 0.25) is 0 Å². The summed E-state index contributed by atoms with van der Waals surface area (Å²) in [5.41, 5.74) is 0. The second-order valence-electron chi connectivity index (χ2n) is 2.10. The highest BCUT2D eigenvalue weighted by molar-refractivity contribution is 6.93. The van der Waals surface area contributed by atoms with Crippen molar-refractivity contribution >= 4 is 19.9 Å². The van der Waals surface area contributed by atoms with Gasteiger partial charge >= 0.3 is 0 Å². The summed E-state index contributed by atoms with van der Waals surface area (Å²) in [7, 11) is -0.142. The fraction of sp³-hybridized carbons (Fsp3) is 1.00. The van der Waals surface area contributed by atoms with Crippen LogP contribution in [0.15, 0.2) is 0 Å². The second-order valence-corrected chi connectivity index (χ2v) is 4.32. The smallest absolute Gasteiger partial charge is 0.125 e. The van der Waals surface area contributed by atoms with Gasteiger partial charge in [-0.05, 0) is 6.04 Å². The number of rotatable bonds is 5. The van der Waals surface area contributed by atoms with Crippen LogP contribution >= 0.6 is 11.1 Å². The Hall–Kier alpha value is 0.507. The molecule has 8 heavy (non-hydrogen) atoms. The Kier molecular flexibility index (Phi) is 7.98. The molecular formula is C6H15ClSi. The highest BCUT2D eigenvalue weighted by Crippen LogP contribution is 2.02. The molecule has 0 spiro atoms. The molecule has 0 rings (SSSR count). The SMILES string of the molecule is CCCCCC[SiH2]Cl. The molecule has 0 aromatic carbocycles. The van der Waals surface area contributed by atoms with Gasteiger partial charge in [-0.1, -0.05) is 32.6 Å².